The molecular weight excluding hydrogens is 347 g/mol. The Kier molecular flexibility index (Phi) is 4.45. The van der Waals surface area contributed by atoms with Gasteiger partial charge in [0.15, 0.2) is 5.65 Å². The second-order valence-corrected chi connectivity index (χ2v) is 7.47. The molecule has 1 saturated carbocycles. The molecule has 0 atom stereocenters. The minimum absolute atomic E-state index is 0.0692. The van der Waals surface area contributed by atoms with Crippen molar-refractivity contribution in [1.82, 2.24) is 19.7 Å². The fraction of sp³-hybridized carbons (Fsp3) is 0.450. The topological polar surface area (TPSA) is 72.8 Å². The smallest absolute Gasteiger partial charge is 0.262 e. The molecule has 2 heterocycles. The van der Waals surface area contributed by atoms with E-state index in [2.05, 4.69) is 15.1 Å². The van der Waals surface area contributed by atoms with Crippen LogP contribution in [0, 0.1) is 0 Å². The summed E-state index contributed by atoms with van der Waals surface area (Å²) in [4.78, 5) is 20.0. The van der Waals surface area contributed by atoms with Gasteiger partial charge >= 0.3 is 0 Å². The van der Waals surface area contributed by atoms with E-state index in [1.807, 2.05) is 24.3 Å². The molecule has 0 radical (unpaired) electrons. The van der Waals surface area contributed by atoms with E-state index in [9.17, 15) is 9.18 Å². The Morgan fingerprint density at radius 2 is 2.07 bits per heavy atom. The highest BCUT2D eigenvalue weighted by molar-refractivity contribution is 5.73. The van der Waals surface area contributed by atoms with E-state index in [4.69, 9.17) is 4.74 Å². The van der Waals surface area contributed by atoms with Crippen LogP contribution in [0.4, 0.5) is 4.39 Å². The molecule has 1 aromatic carbocycles. The number of halogens is 1. The van der Waals surface area contributed by atoms with Gasteiger partial charge in [-0.2, -0.15) is 5.10 Å². The van der Waals surface area contributed by atoms with Crippen LogP contribution in [-0.2, 0) is 6.42 Å². The molecule has 0 aliphatic heterocycles. The molecule has 4 rings (SSSR count). The lowest BCUT2D eigenvalue weighted by Crippen LogP contribution is -2.28. The standard InChI is InChI=1S/C20H23FN4O2/c1-20(21)9-7-14(8-10-20)25-18-15(12-22-25)19(26)24-17(23-18)11-13-5-3-4-6-16(13)27-2/h3-6,12,14H,7-11H2,1-2H3,(H,23,24,26). The second-order valence-electron chi connectivity index (χ2n) is 7.47. The molecule has 0 bridgehead atoms. The number of H-pyrrole nitrogens is 1. The molecule has 0 amide bonds. The van der Waals surface area contributed by atoms with E-state index >= 15 is 0 Å². The predicted molar refractivity (Wildman–Crippen MR) is 101 cm³/mol. The second kappa shape index (κ2) is 6.79. The Labute approximate surface area is 156 Å². The SMILES string of the molecule is COc1ccccc1Cc1nc2c(cnn2C2CCC(C)(F)CC2)c(=O)[nH]1. The fourth-order valence-corrected chi connectivity index (χ4v) is 3.81. The predicted octanol–water partition coefficient (Wildman–Crippen LogP) is 3.56. The molecule has 1 fully saturated rings. The largest absolute Gasteiger partial charge is 0.496 e. The lowest BCUT2D eigenvalue weighted by Gasteiger charge is -2.31. The average molecular weight is 370 g/mol. The van der Waals surface area contributed by atoms with Gasteiger partial charge in [0.1, 0.15) is 22.6 Å². The summed E-state index contributed by atoms with van der Waals surface area (Å²) in [6.07, 6.45) is 4.39. The van der Waals surface area contributed by atoms with Crippen LogP contribution in [0.3, 0.4) is 0 Å². The van der Waals surface area contributed by atoms with E-state index in [1.165, 1.54) is 0 Å². The molecule has 7 heteroatoms. The van der Waals surface area contributed by atoms with Crippen molar-refractivity contribution < 1.29 is 9.13 Å². The average Bonchev–Trinajstić information content (AvgIpc) is 3.07. The third-order valence-electron chi connectivity index (χ3n) is 5.41. The van der Waals surface area contributed by atoms with E-state index < -0.39 is 5.67 Å². The number of para-hydroxylation sites is 1. The third-order valence-corrected chi connectivity index (χ3v) is 5.41. The maximum Gasteiger partial charge on any atom is 0.262 e. The first-order valence-electron chi connectivity index (χ1n) is 9.24. The number of hydrogen-bond donors (Lipinski definition) is 1. The number of rotatable bonds is 4. The van der Waals surface area contributed by atoms with Gasteiger partial charge in [-0.15, -0.1) is 0 Å². The number of benzene rings is 1. The van der Waals surface area contributed by atoms with Crippen LogP contribution in [0.25, 0.3) is 11.0 Å². The zero-order valence-electron chi connectivity index (χ0n) is 15.5. The van der Waals surface area contributed by atoms with Crippen LogP contribution >= 0.6 is 0 Å². The van der Waals surface area contributed by atoms with Crippen LogP contribution in [0.1, 0.15) is 50.0 Å². The molecule has 1 aliphatic rings. The highest BCUT2D eigenvalue weighted by atomic mass is 19.1. The zero-order valence-corrected chi connectivity index (χ0v) is 15.5. The number of aromatic amines is 1. The van der Waals surface area contributed by atoms with E-state index in [0.29, 0.717) is 49.0 Å². The Bertz CT molecular complexity index is 1010. The first-order chi connectivity index (χ1) is 13.0. The molecular formula is C20H23FN4O2. The summed E-state index contributed by atoms with van der Waals surface area (Å²) in [6.45, 7) is 1.65. The molecule has 27 heavy (non-hydrogen) atoms. The summed E-state index contributed by atoms with van der Waals surface area (Å²) in [5, 5.41) is 4.86. The molecule has 3 aromatic rings. The molecule has 1 aliphatic carbocycles. The molecule has 2 aromatic heterocycles. The van der Waals surface area contributed by atoms with Crippen LogP contribution in [0.15, 0.2) is 35.3 Å². The van der Waals surface area contributed by atoms with Crippen molar-refractivity contribution in [2.24, 2.45) is 0 Å². The molecule has 6 nitrogen and oxygen atoms in total. The van der Waals surface area contributed by atoms with Gasteiger partial charge in [0, 0.05) is 12.0 Å². The Morgan fingerprint density at radius 1 is 1.33 bits per heavy atom. The van der Waals surface area contributed by atoms with Gasteiger partial charge in [-0.3, -0.25) is 4.79 Å². The Morgan fingerprint density at radius 3 is 2.81 bits per heavy atom. The summed E-state index contributed by atoms with van der Waals surface area (Å²) in [5.74, 6) is 1.31. The number of nitrogens with one attached hydrogen (secondary N) is 1. The molecule has 0 spiro atoms. The highest BCUT2D eigenvalue weighted by Crippen LogP contribution is 2.37. The number of nitrogens with zero attached hydrogens (tertiary/aromatic N) is 3. The van der Waals surface area contributed by atoms with Crippen molar-refractivity contribution in [1.29, 1.82) is 0 Å². The maximum absolute atomic E-state index is 14.1. The zero-order chi connectivity index (χ0) is 19.0. The van der Waals surface area contributed by atoms with Gasteiger partial charge in [0.25, 0.3) is 5.56 Å². The van der Waals surface area contributed by atoms with Crippen molar-refractivity contribution in [3.05, 3.63) is 52.2 Å². The van der Waals surface area contributed by atoms with Crippen LogP contribution in [0.2, 0.25) is 0 Å². The van der Waals surface area contributed by atoms with Crippen LogP contribution in [-0.4, -0.2) is 32.5 Å². The Hall–Kier alpha value is -2.70. The molecule has 0 unspecified atom stereocenters. The van der Waals surface area contributed by atoms with Crippen molar-refractivity contribution in [3.63, 3.8) is 0 Å². The molecule has 0 saturated heterocycles. The molecule has 1 N–H and O–H groups in total. The van der Waals surface area contributed by atoms with Gasteiger partial charge in [0.05, 0.1) is 19.3 Å². The van der Waals surface area contributed by atoms with Crippen molar-refractivity contribution in [2.45, 2.75) is 50.7 Å². The number of alkyl halides is 1. The molecule has 142 valence electrons. The maximum atomic E-state index is 14.1. The highest BCUT2D eigenvalue weighted by Gasteiger charge is 2.32. The van der Waals surface area contributed by atoms with Gasteiger partial charge < -0.3 is 9.72 Å². The lowest BCUT2D eigenvalue weighted by molar-refractivity contribution is 0.103. The van der Waals surface area contributed by atoms with Crippen LogP contribution in [0.5, 0.6) is 5.75 Å². The monoisotopic (exact) mass is 370 g/mol. The van der Waals surface area contributed by atoms with Crippen molar-refractivity contribution in [2.75, 3.05) is 7.11 Å². The third kappa shape index (κ3) is 3.46. The summed E-state index contributed by atoms with van der Waals surface area (Å²) in [5.41, 5.74) is 0.192. The summed E-state index contributed by atoms with van der Waals surface area (Å²) in [6, 6.07) is 7.72. The number of methoxy groups -OCH3 is 1. The van der Waals surface area contributed by atoms with Gasteiger partial charge in [-0.1, -0.05) is 18.2 Å². The fourth-order valence-electron chi connectivity index (χ4n) is 3.81. The quantitative estimate of drug-likeness (QED) is 0.762. The van der Waals surface area contributed by atoms with Gasteiger partial charge in [0.2, 0.25) is 0 Å². The van der Waals surface area contributed by atoms with E-state index in [-0.39, 0.29) is 11.6 Å². The Balaban J connectivity index is 1.69. The van der Waals surface area contributed by atoms with Crippen molar-refractivity contribution >= 4 is 11.0 Å². The van der Waals surface area contributed by atoms with E-state index in [0.717, 1.165) is 11.3 Å². The minimum atomic E-state index is -1.11. The number of aromatic nitrogens is 4. The summed E-state index contributed by atoms with van der Waals surface area (Å²) >= 11 is 0. The minimum Gasteiger partial charge on any atom is -0.496 e. The normalized spacial score (nSPS) is 22.9. The summed E-state index contributed by atoms with van der Waals surface area (Å²) < 4.78 is 21.3. The number of hydrogen-bond acceptors (Lipinski definition) is 4. The number of fused-ring (bicyclic) bond motifs is 1. The van der Waals surface area contributed by atoms with Crippen LogP contribution < -0.4 is 10.3 Å². The first-order valence-corrected chi connectivity index (χ1v) is 9.24. The first kappa shape index (κ1) is 17.7. The summed E-state index contributed by atoms with van der Waals surface area (Å²) in [7, 11) is 1.62. The van der Waals surface area contributed by atoms with E-state index in [1.54, 1.807) is 24.9 Å². The van der Waals surface area contributed by atoms with Gasteiger partial charge in [-0.25, -0.2) is 14.1 Å². The van der Waals surface area contributed by atoms with Crippen molar-refractivity contribution in [3.8, 4) is 5.75 Å². The lowest BCUT2D eigenvalue weighted by atomic mass is 9.85. The van der Waals surface area contributed by atoms with Gasteiger partial charge in [-0.05, 0) is 38.7 Å². The number of ether oxygens (including phenoxy) is 1.